The van der Waals surface area contributed by atoms with E-state index < -0.39 is 18.1 Å². The van der Waals surface area contributed by atoms with Gasteiger partial charge in [0.05, 0.1) is 16.4 Å². The van der Waals surface area contributed by atoms with Crippen LogP contribution in [0.3, 0.4) is 0 Å². The van der Waals surface area contributed by atoms with E-state index in [0.29, 0.717) is 22.4 Å². The summed E-state index contributed by atoms with van der Waals surface area (Å²) in [6.07, 6.45) is -1.82. The van der Waals surface area contributed by atoms with Gasteiger partial charge in [0.15, 0.2) is 0 Å². The lowest BCUT2D eigenvalue weighted by Gasteiger charge is -2.22. The number of nitrogens with one attached hydrogen (secondary N) is 1. The van der Waals surface area contributed by atoms with Crippen molar-refractivity contribution >= 4 is 28.9 Å². The summed E-state index contributed by atoms with van der Waals surface area (Å²) >= 11 is 1.42. The molecule has 2 unspecified atom stereocenters. The molecule has 6 nitrogen and oxygen atoms in total. The summed E-state index contributed by atoms with van der Waals surface area (Å²) in [7, 11) is 0. The first kappa shape index (κ1) is 24.5. The molecular formula is C26H24F3N3O3S. The Bertz CT molecular complexity index is 1290. The first-order valence-electron chi connectivity index (χ1n) is 11.7. The summed E-state index contributed by atoms with van der Waals surface area (Å²) in [6.45, 7) is 2.81. The van der Waals surface area contributed by atoms with Gasteiger partial charge in [-0.25, -0.2) is 9.78 Å². The molecule has 1 N–H and O–H groups in total. The van der Waals surface area contributed by atoms with Gasteiger partial charge in [0.25, 0.3) is 5.91 Å². The number of amides is 1. The Morgan fingerprint density at radius 1 is 1.17 bits per heavy atom. The molecule has 3 aromatic rings. The van der Waals surface area contributed by atoms with Gasteiger partial charge < -0.3 is 10.2 Å². The van der Waals surface area contributed by atoms with Crippen molar-refractivity contribution in [1.82, 2.24) is 10.3 Å². The average Bonchev–Trinajstić information content (AvgIpc) is 3.78. The SMILES string of the molecule is Cc1nc(-c2cccc(N(OC(=O)C(F)(F)F)C(=O)c3cccc(C4CC4NCC4CC4)c3)c2)cs1. The second-order valence-electron chi connectivity index (χ2n) is 9.20. The number of carbonyl (C=O) groups is 2. The minimum atomic E-state index is -5.27. The second-order valence-corrected chi connectivity index (χ2v) is 10.3. The minimum Gasteiger partial charge on any atom is -0.324 e. The molecule has 1 heterocycles. The van der Waals surface area contributed by atoms with E-state index in [1.165, 1.54) is 42.4 Å². The highest BCUT2D eigenvalue weighted by molar-refractivity contribution is 7.09. The maximum Gasteiger partial charge on any atom is 0.493 e. The van der Waals surface area contributed by atoms with Gasteiger partial charge in [-0.15, -0.1) is 16.4 Å². The molecule has 2 saturated carbocycles. The number of hydroxylamine groups is 1. The van der Waals surface area contributed by atoms with Gasteiger partial charge in [-0.3, -0.25) is 4.79 Å². The Hall–Kier alpha value is -3.24. The van der Waals surface area contributed by atoms with Crippen molar-refractivity contribution in [2.75, 3.05) is 11.6 Å². The Kier molecular flexibility index (Phi) is 6.57. The molecule has 0 radical (unpaired) electrons. The topological polar surface area (TPSA) is 71.5 Å². The van der Waals surface area contributed by atoms with Crippen LogP contribution in [0.25, 0.3) is 11.3 Å². The van der Waals surface area contributed by atoms with Crippen molar-refractivity contribution in [3.63, 3.8) is 0 Å². The number of carbonyl (C=O) groups excluding carboxylic acids is 2. The molecule has 36 heavy (non-hydrogen) atoms. The van der Waals surface area contributed by atoms with Crippen molar-refractivity contribution in [1.29, 1.82) is 0 Å². The highest BCUT2D eigenvalue weighted by Gasteiger charge is 2.44. The number of hydrogen-bond donors (Lipinski definition) is 1. The third kappa shape index (κ3) is 5.60. The number of hydrogen-bond acceptors (Lipinski definition) is 6. The first-order valence-corrected chi connectivity index (χ1v) is 12.6. The van der Waals surface area contributed by atoms with Gasteiger partial charge in [0.2, 0.25) is 0 Å². The Morgan fingerprint density at radius 3 is 2.64 bits per heavy atom. The van der Waals surface area contributed by atoms with Crippen LogP contribution in [0.1, 0.15) is 46.1 Å². The number of aryl methyl sites for hydroxylation is 1. The van der Waals surface area contributed by atoms with Crippen molar-refractivity contribution < 1.29 is 27.6 Å². The molecule has 0 bridgehead atoms. The number of aromatic nitrogens is 1. The van der Waals surface area contributed by atoms with Gasteiger partial charge in [-0.2, -0.15) is 13.2 Å². The molecule has 2 aliphatic carbocycles. The zero-order chi connectivity index (χ0) is 25.4. The predicted molar refractivity (Wildman–Crippen MR) is 130 cm³/mol. The highest BCUT2D eigenvalue weighted by Crippen LogP contribution is 2.42. The lowest BCUT2D eigenvalue weighted by Crippen LogP contribution is -2.38. The van der Waals surface area contributed by atoms with Gasteiger partial charge in [-0.05, 0) is 68.5 Å². The van der Waals surface area contributed by atoms with Gasteiger partial charge in [-0.1, -0.05) is 24.3 Å². The fourth-order valence-corrected chi connectivity index (χ4v) is 4.70. The summed E-state index contributed by atoms with van der Waals surface area (Å²) in [5.74, 6) is -2.36. The highest BCUT2D eigenvalue weighted by atomic mass is 32.1. The van der Waals surface area contributed by atoms with E-state index in [9.17, 15) is 22.8 Å². The van der Waals surface area contributed by atoms with Crippen LogP contribution in [0.5, 0.6) is 0 Å². The quantitative estimate of drug-likeness (QED) is 0.413. The van der Waals surface area contributed by atoms with E-state index >= 15 is 0 Å². The monoisotopic (exact) mass is 515 g/mol. The van der Waals surface area contributed by atoms with Crippen LogP contribution < -0.4 is 10.4 Å². The fourth-order valence-electron chi connectivity index (χ4n) is 4.08. The molecule has 2 atom stereocenters. The average molecular weight is 516 g/mol. The molecule has 1 amide bonds. The normalized spacial score (nSPS) is 19.1. The standard InChI is InChI=1S/C26H24F3N3O3S/c1-15-31-23(14-36-15)18-5-3-7-20(11-18)32(35-25(34)26(27,28)29)24(33)19-6-2-4-17(10-19)21-12-22(21)30-13-16-8-9-16/h2-7,10-11,14,16,21-22,30H,8-9,12-13H2,1H3. The van der Waals surface area contributed by atoms with Gasteiger partial charge in [0.1, 0.15) is 0 Å². The van der Waals surface area contributed by atoms with Crippen LogP contribution in [0, 0.1) is 12.8 Å². The van der Waals surface area contributed by atoms with E-state index in [4.69, 9.17) is 0 Å². The summed E-state index contributed by atoms with van der Waals surface area (Å²) < 4.78 is 39.2. The molecule has 2 fully saturated rings. The van der Waals surface area contributed by atoms with Gasteiger partial charge in [0, 0.05) is 28.5 Å². The van der Waals surface area contributed by atoms with Crippen LogP contribution in [-0.2, 0) is 9.63 Å². The second kappa shape index (κ2) is 9.67. The van der Waals surface area contributed by atoms with E-state index in [2.05, 4.69) is 15.1 Å². The number of rotatable bonds is 7. The maximum absolute atomic E-state index is 13.4. The maximum atomic E-state index is 13.4. The molecule has 0 spiro atoms. The molecule has 5 rings (SSSR count). The summed E-state index contributed by atoms with van der Waals surface area (Å²) in [6, 6.07) is 13.2. The number of thiazole rings is 1. The molecule has 0 saturated heterocycles. The number of alkyl halides is 3. The van der Waals surface area contributed by atoms with Crippen molar-refractivity contribution in [2.24, 2.45) is 5.92 Å². The molecule has 2 aliphatic rings. The van der Waals surface area contributed by atoms with E-state index in [1.54, 1.807) is 29.6 Å². The molecule has 1 aromatic heterocycles. The number of benzene rings is 2. The van der Waals surface area contributed by atoms with Crippen LogP contribution in [-0.4, -0.2) is 35.6 Å². The molecule has 2 aromatic carbocycles. The summed E-state index contributed by atoms with van der Waals surface area (Å²) in [4.78, 5) is 34.1. The number of nitrogens with zero attached hydrogens (tertiary/aromatic N) is 2. The Labute approximate surface area is 210 Å². The lowest BCUT2D eigenvalue weighted by atomic mass is 10.1. The lowest BCUT2D eigenvalue weighted by molar-refractivity contribution is -0.199. The fraction of sp³-hybridized carbons (Fsp3) is 0.346. The molecule has 10 heteroatoms. The van der Waals surface area contributed by atoms with Crippen molar-refractivity contribution in [3.05, 3.63) is 70.0 Å². The summed E-state index contributed by atoms with van der Waals surface area (Å²) in [5.41, 5.74) is 2.22. The third-order valence-corrected chi connectivity index (χ3v) is 7.08. The summed E-state index contributed by atoms with van der Waals surface area (Å²) in [5, 5.41) is 6.56. The zero-order valence-corrected chi connectivity index (χ0v) is 20.2. The Balaban J connectivity index is 1.41. The molecular weight excluding hydrogens is 491 g/mol. The number of anilines is 1. The minimum absolute atomic E-state index is 0.0124. The largest absolute Gasteiger partial charge is 0.493 e. The first-order chi connectivity index (χ1) is 17.2. The smallest absolute Gasteiger partial charge is 0.324 e. The molecule has 188 valence electrons. The van der Waals surface area contributed by atoms with E-state index in [0.717, 1.165) is 29.5 Å². The van der Waals surface area contributed by atoms with Crippen LogP contribution in [0.15, 0.2) is 53.9 Å². The van der Waals surface area contributed by atoms with Crippen molar-refractivity contribution in [3.8, 4) is 11.3 Å². The van der Waals surface area contributed by atoms with E-state index in [-0.39, 0.29) is 17.2 Å². The van der Waals surface area contributed by atoms with Gasteiger partial charge >= 0.3 is 12.1 Å². The third-order valence-electron chi connectivity index (χ3n) is 6.30. The predicted octanol–water partition coefficient (Wildman–Crippen LogP) is 5.64. The van der Waals surface area contributed by atoms with E-state index in [1.807, 2.05) is 13.0 Å². The van der Waals surface area contributed by atoms with Crippen molar-refractivity contribution in [2.45, 2.75) is 44.3 Å². The molecule has 0 aliphatic heterocycles. The zero-order valence-electron chi connectivity index (χ0n) is 19.4. The van der Waals surface area contributed by atoms with Crippen LogP contribution >= 0.6 is 11.3 Å². The Morgan fingerprint density at radius 2 is 1.94 bits per heavy atom. The number of halogens is 3. The van der Waals surface area contributed by atoms with Crippen LogP contribution in [0.4, 0.5) is 18.9 Å². The van der Waals surface area contributed by atoms with Crippen LogP contribution in [0.2, 0.25) is 0 Å².